The lowest BCUT2D eigenvalue weighted by molar-refractivity contribution is -0.134. The van der Waals surface area contributed by atoms with E-state index in [1.165, 1.54) is 33.5 Å². The Morgan fingerprint density at radius 3 is 2.47 bits per heavy atom. The highest BCUT2D eigenvalue weighted by atomic mass is 35.5. The van der Waals surface area contributed by atoms with Gasteiger partial charge < -0.3 is 14.2 Å². The number of methoxy groups -OCH3 is 3. The number of nitrogens with zero attached hydrogens (tertiary/aromatic N) is 2. The summed E-state index contributed by atoms with van der Waals surface area (Å²) >= 11 is 5.90. The number of aromatic nitrogens is 2. The predicted molar refractivity (Wildman–Crippen MR) is 61.2 cm³/mol. The van der Waals surface area contributed by atoms with Crippen LogP contribution in [0.15, 0.2) is 6.08 Å². The fourth-order valence-corrected chi connectivity index (χ4v) is 1.23. The largest absolute Gasteiger partial charge is 0.480 e. The molecule has 0 bridgehead atoms. The maximum absolute atomic E-state index is 11.0. The standard InChI is InChI=1S/C10H11ClN2O4/c1-15-7(14)5-4-6-8(11)12-10(17-3)13-9(6)16-2/h4-5H,1-3H3/b5-4+. The molecule has 1 aromatic rings. The molecule has 0 radical (unpaired) electrons. The predicted octanol–water partition coefficient (Wildman–Crippen LogP) is 1.33. The Morgan fingerprint density at radius 1 is 1.24 bits per heavy atom. The summed E-state index contributed by atoms with van der Waals surface area (Å²) in [6.07, 6.45) is 2.60. The van der Waals surface area contributed by atoms with Crippen LogP contribution in [-0.4, -0.2) is 37.3 Å². The van der Waals surface area contributed by atoms with E-state index in [4.69, 9.17) is 21.1 Å². The minimum Gasteiger partial charge on any atom is -0.480 e. The molecule has 0 spiro atoms. The first-order chi connectivity index (χ1) is 8.12. The zero-order valence-corrected chi connectivity index (χ0v) is 10.3. The quantitative estimate of drug-likeness (QED) is 0.461. The molecule has 0 fully saturated rings. The van der Waals surface area contributed by atoms with E-state index >= 15 is 0 Å². The number of ether oxygens (including phenoxy) is 3. The normalized spacial score (nSPS) is 10.4. The van der Waals surface area contributed by atoms with Crippen LogP contribution < -0.4 is 9.47 Å². The first kappa shape index (κ1) is 13.2. The Kier molecular flexibility index (Phi) is 4.71. The van der Waals surface area contributed by atoms with Gasteiger partial charge in [-0.1, -0.05) is 11.6 Å². The summed E-state index contributed by atoms with van der Waals surface area (Å²) in [4.78, 5) is 18.7. The zero-order valence-electron chi connectivity index (χ0n) is 9.56. The maximum Gasteiger partial charge on any atom is 0.330 e. The van der Waals surface area contributed by atoms with Gasteiger partial charge in [0, 0.05) is 6.08 Å². The van der Waals surface area contributed by atoms with Crippen molar-refractivity contribution in [2.75, 3.05) is 21.3 Å². The van der Waals surface area contributed by atoms with Gasteiger partial charge in [0.2, 0.25) is 5.88 Å². The van der Waals surface area contributed by atoms with E-state index < -0.39 is 5.97 Å². The summed E-state index contributed by atoms with van der Waals surface area (Å²) in [5.74, 6) is -0.305. The molecule has 0 aliphatic carbocycles. The number of esters is 1. The molecule has 1 aromatic heterocycles. The summed E-state index contributed by atoms with van der Waals surface area (Å²) in [6.45, 7) is 0. The third-order valence-corrected chi connectivity index (χ3v) is 2.09. The van der Waals surface area contributed by atoms with Crippen molar-refractivity contribution in [1.29, 1.82) is 0 Å². The number of carbonyl (C=O) groups excluding carboxylic acids is 1. The van der Waals surface area contributed by atoms with E-state index in [1.807, 2.05) is 0 Å². The Labute approximate surface area is 103 Å². The van der Waals surface area contributed by atoms with Crippen molar-refractivity contribution < 1.29 is 19.0 Å². The first-order valence-electron chi connectivity index (χ1n) is 4.54. The average molecular weight is 259 g/mol. The van der Waals surface area contributed by atoms with E-state index in [2.05, 4.69) is 14.7 Å². The lowest BCUT2D eigenvalue weighted by Crippen LogP contribution is -2.00. The average Bonchev–Trinajstić information content (AvgIpc) is 2.35. The molecule has 0 aliphatic heterocycles. The van der Waals surface area contributed by atoms with E-state index in [0.29, 0.717) is 5.56 Å². The Balaban J connectivity index is 3.14. The molecule has 0 atom stereocenters. The molecule has 0 unspecified atom stereocenters. The summed E-state index contributed by atoms with van der Waals surface area (Å²) < 4.78 is 14.3. The van der Waals surface area contributed by atoms with Crippen LogP contribution >= 0.6 is 11.6 Å². The highest BCUT2D eigenvalue weighted by molar-refractivity contribution is 6.31. The van der Waals surface area contributed by atoms with Crippen molar-refractivity contribution in [3.05, 3.63) is 16.8 Å². The highest BCUT2D eigenvalue weighted by Crippen LogP contribution is 2.26. The van der Waals surface area contributed by atoms with Crippen LogP contribution in [0.4, 0.5) is 0 Å². The van der Waals surface area contributed by atoms with Gasteiger partial charge in [-0.05, 0) is 6.08 Å². The number of rotatable bonds is 4. The number of hydrogen-bond acceptors (Lipinski definition) is 6. The molecule has 92 valence electrons. The highest BCUT2D eigenvalue weighted by Gasteiger charge is 2.12. The summed E-state index contributed by atoms with van der Waals surface area (Å²) in [6, 6.07) is 0.0852. The van der Waals surface area contributed by atoms with Gasteiger partial charge in [-0.25, -0.2) is 4.79 Å². The molecule has 0 N–H and O–H groups in total. The monoisotopic (exact) mass is 258 g/mol. The fourth-order valence-electron chi connectivity index (χ4n) is 1.01. The van der Waals surface area contributed by atoms with Crippen molar-refractivity contribution in [3.63, 3.8) is 0 Å². The molecule has 7 heteroatoms. The summed E-state index contributed by atoms with van der Waals surface area (Å²) in [7, 11) is 4.11. The molecule has 17 heavy (non-hydrogen) atoms. The molecule has 6 nitrogen and oxygen atoms in total. The van der Waals surface area contributed by atoms with Gasteiger partial charge in [-0.15, -0.1) is 0 Å². The molecule has 0 aromatic carbocycles. The van der Waals surface area contributed by atoms with E-state index in [1.54, 1.807) is 0 Å². The second-order valence-corrected chi connectivity index (χ2v) is 3.14. The third-order valence-electron chi connectivity index (χ3n) is 1.81. The topological polar surface area (TPSA) is 70.5 Å². The van der Waals surface area contributed by atoms with Gasteiger partial charge in [0.05, 0.1) is 26.9 Å². The van der Waals surface area contributed by atoms with Crippen molar-refractivity contribution >= 4 is 23.6 Å². The zero-order chi connectivity index (χ0) is 12.8. The van der Waals surface area contributed by atoms with Crippen LogP contribution in [0.3, 0.4) is 0 Å². The summed E-state index contributed by atoms with van der Waals surface area (Å²) in [5, 5.41) is 0.119. The van der Waals surface area contributed by atoms with Gasteiger partial charge in [0.15, 0.2) is 0 Å². The van der Waals surface area contributed by atoms with Crippen LogP contribution in [0, 0.1) is 0 Å². The van der Waals surface area contributed by atoms with Crippen molar-refractivity contribution in [2.45, 2.75) is 0 Å². The van der Waals surface area contributed by atoms with Gasteiger partial charge in [-0.3, -0.25) is 0 Å². The molecule has 0 saturated carbocycles. The van der Waals surface area contributed by atoms with Gasteiger partial charge >= 0.3 is 12.0 Å². The first-order valence-corrected chi connectivity index (χ1v) is 4.91. The Bertz CT molecular complexity index is 448. The van der Waals surface area contributed by atoms with Crippen LogP contribution in [0.5, 0.6) is 11.9 Å². The van der Waals surface area contributed by atoms with Crippen LogP contribution in [-0.2, 0) is 9.53 Å². The van der Waals surface area contributed by atoms with E-state index in [-0.39, 0.29) is 17.0 Å². The maximum atomic E-state index is 11.0. The van der Waals surface area contributed by atoms with Crippen molar-refractivity contribution in [2.24, 2.45) is 0 Å². The van der Waals surface area contributed by atoms with Gasteiger partial charge in [0.25, 0.3) is 0 Å². The molecule has 1 heterocycles. The molecular weight excluding hydrogens is 248 g/mol. The van der Waals surface area contributed by atoms with Gasteiger partial charge in [0.1, 0.15) is 5.15 Å². The van der Waals surface area contributed by atoms with Crippen LogP contribution in [0.25, 0.3) is 6.08 Å². The lowest BCUT2D eigenvalue weighted by atomic mass is 10.3. The molecule has 0 saturated heterocycles. The van der Waals surface area contributed by atoms with Gasteiger partial charge in [-0.2, -0.15) is 9.97 Å². The Morgan fingerprint density at radius 2 is 1.94 bits per heavy atom. The number of halogens is 1. The Hall–Kier alpha value is -1.82. The lowest BCUT2D eigenvalue weighted by Gasteiger charge is -2.06. The van der Waals surface area contributed by atoms with E-state index in [9.17, 15) is 4.79 Å². The van der Waals surface area contributed by atoms with Crippen LogP contribution in [0.1, 0.15) is 5.56 Å². The second kappa shape index (κ2) is 6.05. The number of carbonyl (C=O) groups is 1. The minimum absolute atomic E-state index is 0.0852. The SMILES string of the molecule is COC(=O)/C=C/c1c(Cl)nc(OC)nc1OC. The smallest absolute Gasteiger partial charge is 0.330 e. The van der Waals surface area contributed by atoms with E-state index in [0.717, 1.165) is 0 Å². The minimum atomic E-state index is -0.515. The third kappa shape index (κ3) is 3.32. The fraction of sp³-hybridized carbons (Fsp3) is 0.300. The number of hydrogen-bond donors (Lipinski definition) is 0. The second-order valence-electron chi connectivity index (χ2n) is 2.78. The summed E-state index contributed by atoms with van der Waals surface area (Å²) in [5.41, 5.74) is 0.375. The molecule has 1 rings (SSSR count). The van der Waals surface area contributed by atoms with Crippen molar-refractivity contribution in [3.8, 4) is 11.9 Å². The molecular formula is C10H11ClN2O4. The van der Waals surface area contributed by atoms with Crippen molar-refractivity contribution in [1.82, 2.24) is 9.97 Å². The van der Waals surface area contributed by atoms with Crippen LogP contribution in [0.2, 0.25) is 5.15 Å². The molecule has 0 aliphatic rings. The molecule has 0 amide bonds.